The van der Waals surface area contributed by atoms with E-state index < -0.39 is 0 Å². The lowest BCUT2D eigenvalue weighted by atomic mass is 9.89. The van der Waals surface area contributed by atoms with E-state index in [1.165, 1.54) is 36.8 Å². The Kier molecular flexibility index (Phi) is 5.83. The summed E-state index contributed by atoms with van der Waals surface area (Å²) in [5.41, 5.74) is 2.88. The first kappa shape index (κ1) is 16.5. The van der Waals surface area contributed by atoms with Gasteiger partial charge in [-0.15, -0.1) is 0 Å². The summed E-state index contributed by atoms with van der Waals surface area (Å²) < 4.78 is 0. The van der Waals surface area contributed by atoms with Gasteiger partial charge in [-0.3, -0.25) is 4.90 Å². The molecule has 1 N–H and O–H groups in total. The molecule has 2 nitrogen and oxygen atoms in total. The second-order valence-electron chi connectivity index (χ2n) is 6.96. The van der Waals surface area contributed by atoms with Crippen molar-refractivity contribution in [3.8, 4) is 0 Å². The molecule has 0 spiro atoms. The summed E-state index contributed by atoms with van der Waals surface area (Å²) in [5, 5.41) is 3.42. The highest BCUT2D eigenvalue weighted by atomic mass is 15.2. The minimum atomic E-state index is 0.502. The highest BCUT2D eigenvalue weighted by Crippen LogP contribution is 2.29. The molecular formula is C19H32N2. The average molecular weight is 288 g/mol. The molecule has 1 fully saturated rings. The normalized spacial score (nSPS) is 24.5. The molecule has 1 unspecified atom stereocenters. The third-order valence-electron chi connectivity index (χ3n) is 5.38. The van der Waals surface area contributed by atoms with Crippen molar-refractivity contribution in [2.45, 2.75) is 70.5 Å². The maximum Gasteiger partial charge on any atom is 0.0319 e. The Morgan fingerprint density at radius 3 is 1.95 bits per heavy atom. The highest BCUT2D eigenvalue weighted by molar-refractivity contribution is 5.26. The van der Waals surface area contributed by atoms with Crippen LogP contribution in [0.15, 0.2) is 24.3 Å². The maximum absolute atomic E-state index is 3.42. The summed E-state index contributed by atoms with van der Waals surface area (Å²) >= 11 is 0. The molecule has 1 aliphatic carbocycles. The molecule has 0 saturated heterocycles. The second kappa shape index (κ2) is 7.42. The Morgan fingerprint density at radius 2 is 1.48 bits per heavy atom. The van der Waals surface area contributed by atoms with E-state index in [2.05, 4.69) is 69.3 Å². The Morgan fingerprint density at radius 1 is 0.952 bits per heavy atom. The second-order valence-corrected chi connectivity index (χ2v) is 6.96. The van der Waals surface area contributed by atoms with Gasteiger partial charge in [0.15, 0.2) is 0 Å². The molecule has 1 aromatic carbocycles. The van der Waals surface area contributed by atoms with Crippen LogP contribution in [-0.4, -0.2) is 31.1 Å². The molecule has 0 radical (unpaired) electrons. The number of nitrogens with one attached hydrogen (secondary N) is 1. The van der Waals surface area contributed by atoms with Gasteiger partial charge in [0.05, 0.1) is 0 Å². The molecule has 0 aromatic heterocycles. The van der Waals surface area contributed by atoms with E-state index in [9.17, 15) is 0 Å². The van der Waals surface area contributed by atoms with Crippen LogP contribution >= 0.6 is 0 Å². The van der Waals surface area contributed by atoms with Gasteiger partial charge in [0.2, 0.25) is 0 Å². The Hall–Kier alpha value is -0.860. The fourth-order valence-electron chi connectivity index (χ4n) is 3.48. The quantitative estimate of drug-likeness (QED) is 0.867. The first-order valence-electron chi connectivity index (χ1n) is 8.52. The Balaban J connectivity index is 1.97. The van der Waals surface area contributed by atoms with Gasteiger partial charge in [-0.2, -0.15) is 0 Å². The summed E-state index contributed by atoms with van der Waals surface area (Å²) in [6.45, 7) is 6.85. The Bertz CT molecular complexity index is 416. The number of benzene rings is 1. The largest absolute Gasteiger partial charge is 0.317 e. The van der Waals surface area contributed by atoms with Crippen molar-refractivity contribution >= 4 is 0 Å². The van der Waals surface area contributed by atoms with Gasteiger partial charge in [-0.25, -0.2) is 0 Å². The van der Waals surface area contributed by atoms with Crippen LogP contribution in [0.5, 0.6) is 0 Å². The van der Waals surface area contributed by atoms with Crippen LogP contribution in [0.2, 0.25) is 0 Å². The zero-order valence-electron chi connectivity index (χ0n) is 14.4. The van der Waals surface area contributed by atoms with E-state index in [0.717, 1.165) is 12.1 Å². The van der Waals surface area contributed by atoms with E-state index in [1.54, 1.807) is 0 Å². The van der Waals surface area contributed by atoms with Crippen molar-refractivity contribution < 1.29 is 0 Å². The lowest BCUT2D eigenvalue weighted by Crippen LogP contribution is -2.40. The SMILES string of the molecule is CNC1CCC(N(C)C(C)c2ccc(C(C)C)cc2)CC1. The predicted molar refractivity (Wildman–Crippen MR) is 91.8 cm³/mol. The van der Waals surface area contributed by atoms with Crippen molar-refractivity contribution in [2.24, 2.45) is 0 Å². The van der Waals surface area contributed by atoms with E-state index >= 15 is 0 Å². The molecule has 0 amide bonds. The van der Waals surface area contributed by atoms with Crippen LogP contribution < -0.4 is 5.32 Å². The number of rotatable bonds is 5. The van der Waals surface area contributed by atoms with Crippen molar-refractivity contribution in [2.75, 3.05) is 14.1 Å². The zero-order chi connectivity index (χ0) is 15.4. The first-order valence-corrected chi connectivity index (χ1v) is 8.52. The molecule has 118 valence electrons. The van der Waals surface area contributed by atoms with Gasteiger partial charge in [-0.05, 0) is 63.7 Å². The molecule has 1 saturated carbocycles. The molecule has 0 heterocycles. The number of hydrogen-bond donors (Lipinski definition) is 1. The zero-order valence-corrected chi connectivity index (χ0v) is 14.4. The summed E-state index contributed by atoms with van der Waals surface area (Å²) in [7, 11) is 4.39. The van der Waals surface area contributed by atoms with Gasteiger partial charge >= 0.3 is 0 Å². The molecule has 2 heteroatoms. The van der Waals surface area contributed by atoms with Crippen LogP contribution in [-0.2, 0) is 0 Å². The summed E-state index contributed by atoms with van der Waals surface area (Å²) in [6, 6.07) is 11.2. The van der Waals surface area contributed by atoms with E-state index in [4.69, 9.17) is 0 Å². The molecule has 0 bridgehead atoms. The van der Waals surface area contributed by atoms with Gasteiger partial charge in [0, 0.05) is 18.1 Å². The lowest BCUT2D eigenvalue weighted by molar-refractivity contribution is 0.136. The fourth-order valence-corrected chi connectivity index (χ4v) is 3.48. The van der Waals surface area contributed by atoms with Gasteiger partial charge in [0.1, 0.15) is 0 Å². The molecule has 0 aliphatic heterocycles. The van der Waals surface area contributed by atoms with Gasteiger partial charge in [0.25, 0.3) is 0 Å². The maximum atomic E-state index is 3.42. The summed E-state index contributed by atoms with van der Waals surface area (Å²) in [4.78, 5) is 2.58. The monoisotopic (exact) mass is 288 g/mol. The van der Waals surface area contributed by atoms with E-state index in [1.807, 2.05) is 0 Å². The first-order chi connectivity index (χ1) is 10.0. The third kappa shape index (κ3) is 4.08. The summed E-state index contributed by atoms with van der Waals surface area (Å²) in [5.74, 6) is 0.615. The molecule has 2 rings (SSSR count). The summed E-state index contributed by atoms with van der Waals surface area (Å²) in [6.07, 6.45) is 5.25. The van der Waals surface area contributed by atoms with Crippen LogP contribution in [0.1, 0.15) is 69.5 Å². The van der Waals surface area contributed by atoms with Crippen molar-refractivity contribution in [3.63, 3.8) is 0 Å². The van der Waals surface area contributed by atoms with Gasteiger partial charge in [-0.1, -0.05) is 38.1 Å². The average Bonchev–Trinajstić information content (AvgIpc) is 2.53. The predicted octanol–water partition coefficient (Wildman–Crippen LogP) is 4.33. The highest BCUT2D eigenvalue weighted by Gasteiger charge is 2.26. The molecule has 1 aromatic rings. The molecule has 1 atom stereocenters. The van der Waals surface area contributed by atoms with E-state index in [-0.39, 0.29) is 0 Å². The lowest BCUT2D eigenvalue weighted by Gasteiger charge is -2.38. The molecule has 21 heavy (non-hydrogen) atoms. The van der Waals surface area contributed by atoms with E-state index in [0.29, 0.717) is 12.0 Å². The van der Waals surface area contributed by atoms with Crippen molar-refractivity contribution in [1.29, 1.82) is 0 Å². The minimum absolute atomic E-state index is 0.502. The smallest absolute Gasteiger partial charge is 0.0319 e. The Labute approximate surface area is 130 Å². The van der Waals surface area contributed by atoms with Gasteiger partial charge < -0.3 is 5.32 Å². The van der Waals surface area contributed by atoms with Crippen LogP contribution in [0.3, 0.4) is 0 Å². The number of hydrogen-bond acceptors (Lipinski definition) is 2. The molecular weight excluding hydrogens is 256 g/mol. The van der Waals surface area contributed by atoms with Crippen molar-refractivity contribution in [3.05, 3.63) is 35.4 Å². The fraction of sp³-hybridized carbons (Fsp3) is 0.684. The van der Waals surface area contributed by atoms with Crippen LogP contribution in [0, 0.1) is 0 Å². The van der Waals surface area contributed by atoms with Crippen LogP contribution in [0.4, 0.5) is 0 Å². The van der Waals surface area contributed by atoms with Crippen molar-refractivity contribution in [1.82, 2.24) is 10.2 Å². The standard InChI is InChI=1S/C19H32N2/c1-14(2)16-6-8-17(9-7-16)15(3)21(5)19-12-10-18(20-4)11-13-19/h6-9,14-15,18-20H,10-13H2,1-5H3. The number of nitrogens with zero attached hydrogens (tertiary/aromatic N) is 1. The third-order valence-corrected chi connectivity index (χ3v) is 5.38. The minimum Gasteiger partial charge on any atom is -0.317 e. The molecule has 1 aliphatic rings. The topological polar surface area (TPSA) is 15.3 Å². The van der Waals surface area contributed by atoms with Crippen LogP contribution in [0.25, 0.3) is 0 Å².